The number of aliphatic hydroxyl groups is 4. The third-order valence-electron chi connectivity index (χ3n) is 8.04. The largest absolute Gasteiger partial charge is 0.484 e. The fourth-order valence-corrected chi connectivity index (χ4v) is 5.36. The summed E-state index contributed by atoms with van der Waals surface area (Å²) in [7, 11) is 0. The molecule has 4 amide bonds. The van der Waals surface area contributed by atoms with Crippen LogP contribution in [0.4, 0.5) is 0 Å². The third-order valence-corrected chi connectivity index (χ3v) is 8.04. The summed E-state index contributed by atoms with van der Waals surface area (Å²) < 4.78 is 22.8. The molecule has 4 aromatic rings. The Morgan fingerprint density at radius 1 is 0.345 bits per heavy atom. The number of carbonyl (C=O) groups excluding carboxylic acids is 4. The SMILES string of the molecule is O=C(COc1ccc(C(=C(c2ccc(OCC(=O)NCCO)cc2)c2ccc(OCC(=O)NCCO)cc2)c2ccc(OCC(=O)NCCO)cc2)cc1)NCCO. The van der Waals surface area contributed by atoms with Crippen molar-refractivity contribution in [2.24, 2.45) is 0 Å². The van der Waals surface area contributed by atoms with Crippen LogP contribution in [0.25, 0.3) is 11.1 Å². The van der Waals surface area contributed by atoms with Crippen molar-refractivity contribution in [1.82, 2.24) is 21.3 Å². The van der Waals surface area contributed by atoms with E-state index in [1.807, 2.05) is 48.5 Å². The van der Waals surface area contributed by atoms with E-state index in [1.54, 1.807) is 48.5 Å². The Hall–Kier alpha value is -6.46. The van der Waals surface area contributed by atoms with Crippen LogP contribution in [0, 0.1) is 0 Å². The first-order valence-corrected chi connectivity index (χ1v) is 18.4. The predicted octanol–water partition coefficient (Wildman–Crippen LogP) is 0.643. The lowest BCUT2D eigenvalue weighted by molar-refractivity contribution is -0.124. The Kier molecular flexibility index (Phi) is 18.5. The summed E-state index contributed by atoms with van der Waals surface area (Å²) in [4.78, 5) is 48.4. The Morgan fingerprint density at radius 3 is 0.707 bits per heavy atom. The number of benzene rings is 4. The normalized spacial score (nSPS) is 10.5. The van der Waals surface area contributed by atoms with Gasteiger partial charge < -0.3 is 60.6 Å². The second-order valence-corrected chi connectivity index (χ2v) is 12.3. The lowest BCUT2D eigenvalue weighted by Crippen LogP contribution is -2.31. The van der Waals surface area contributed by atoms with Gasteiger partial charge in [0.25, 0.3) is 23.6 Å². The van der Waals surface area contributed by atoms with E-state index in [9.17, 15) is 19.2 Å². The molecule has 16 nitrogen and oxygen atoms in total. The monoisotopic (exact) mass is 800 g/mol. The van der Waals surface area contributed by atoms with Crippen LogP contribution in [0.15, 0.2) is 97.1 Å². The molecule has 0 heterocycles. The zero-order chi connectivity index (χ0) is 41.5. The van der Waals surface area contributed by atoms with Crippen LogP contribution in [-0.2, 0) is 19.2 Å². The van der Waals surface area contributed by atoms with Crippen molar-refractivity contribution < 1.29 is 58.6 Å². The number of carbonyl (C=O) groups is 4. The summed E-state index contributed by atoms with van der Waals surface area (Å²) in [5.74, 6) is 0.191. The highest BCUT2D eigenvalue weighted by Gasteiger charge is 2.18. The molecule has 308 valence electrons. The van der Waals surface area contributed by atoms with Crippen LogP contribution in [0.2, 0.25) is 0 Å². The quantitative estimate of drug-likeness (QED) is 0.0457. The molecule has 0 saturated heterocycles. The number of aliphatic hydroxyl groups excluding tert-OH is 4. The highest BCUT2D eigenvalue weighted by Crippen LogP contribution is 2.39. The molecule has 8 N–H and O–H groups in total. The number of hydrogen-bond acceptors (Lipinski definition) is 12. The van der Waals surface area contributed by atoms with Gasteiger partial charge in [0, 0.05) is 26.2 Å². The van der Waals surface area contributed by atoms with Crippen molar-refractivity contribution in [3.63, 3.8) is 0 Å². The van der Waals surface area contributed by atoms with Gasteiger partial charge in [-0.1, -0.05) is 48.5 Å². The first-order valence-electron chi connectivity index (χ1n) is 18.4. The molecule has 0 bridgehead atoms. The number of ether oxygens (including phenoxy) is 4. The minimum atomic E-state index is -0.384. The standard InChI is InChI=1S/C42H48N4O12/c47-21-17-43-37(51)25-55-33-9-1-29(2-10-33)41(30-3-11-34(12-4-30)56-26-38(52)44-18-22-48)42(31-5-13-35(14-6-31)57-27-39(53)45-19-23-49)32-7-15-36(16-8-32)58-28-40(54)46-20-24-50/h1-16,47-50H,17-28H2,(H,43,51)(H,44,52)(H,45,53)(H,46,54). The Bertz CT molecular complexity index is 1660. The van der Waals surface area contributed by atoms with E-state index >= 15 is 0 Å². The molecule has 58 heavy (non-hydrogen) atoms. The number of hydrogen-bond donors (Lipinski definition) is 8. The molecule has 0 fully saturated rings. The summed E-state index contributed by atoms with van der Waals surface area (Å²) in [5, 5.41) is 46.2. The second-order valence-electron chi connectivity index (χ2n) is 12.3. The van der Waals surface area contributed by atoms with E-state index in [-0.39, 0.29) is 103 Å². The van der Waals surface area contributed by atoms with Gasteiger partial charge in [0.15, 0.2) is 26.4 Å². The zero-order valence-corrected chi connectivity index (χ0v) is 31.8. The minimum absolute atomic E-state index is 0.110. The summed E-state index contributed by atoms with van der Waals surface area (Å²) in [6, 6.07) is 28.6. The van der Waals surface area contributed by atoms with Crippen molar-refractivity contribution in [1.29, 1.82) is 0 Å². The van der Waals surface area contributed by atoms with Gasteiger partial charge in [-0.15, -0.1) is 0 Å². The Morgan fingerprint density at radius 2 is 0.534 bits per heavy atom. The zero-order valence-electron chi connectivity index (χ0n) is 31.8. The van der Waals surface area contributed by atoms with Gasteiger partial charge in [-0.05, 0) is 81.9 Å². The molecule has 0 atom stereocenters. The average Bonchev–Trinajstić information content (AvgIpc) is 3.26. The van der Waals surface area contributed by atoms with Gasteiger partial charge in [-0.3, -0.25) is 19.2 Å². The molecule has 0 aliphatic heterocycles. The first-order chi connectivity index (χ1) is 28.2. The van der Waals surface area contributed by atoms with Crippen LogP contribution < -0.4 is 40.2 Å². The smallest absolute Gasteiger partial charge is 0.258 e. The second kappa shape index (κ2) is 24.2. The molecule has 4 rings (SSSR count). The molecule has 0 saturated carbocycles. The van der Waals surface area contributed by atoms with Gasteiger partial charge in [-0.2, -0.15) is 0 Å². The van der Waals surface area contributed by atoms with Crippen molar-refractivity contribution >= 4 is 34.8 Å². The van der Waals surface area contributed by atoms with Crippen molar-refractivity contribution in [3.8, 4) is 23.0 Å². The topological polar surface area (TPSA) is 234 Å². The van der Waals surface area contributed by atoms with Crippen LogP contribution in [0.1, 0.15) is 22.3 Å². The molecule has 0 aromatic heterocycles. The Labute approximate surface area is 335 Å². The minimum Gasteiger partial charge on any atom is -0.484 e. The van der Waals surface area contributed by atoms with E-state index in [4.69, 9.17) is 39.4 Å². The maximum atomic E-state index is 12.1. The van der Waals surface area contributed by atoms with Gasteiger partial charge in [0.1, 0.15) is 23.0 Å². The van der Waals surface area contributed by atoms with Crippen molar-refractivity contribution in [3.05, 3.63) is 119 Å². The first kappa shape index (κ1) is 44.3. The van der Waals surface area contributed by atoms with E-state index < -0.39 is 0 Å². The van der Waals surface area contributed by atoms with Gasteiger partial charge in [0.2, 0.25) is 0 Å². The lowest BCUT2D eigenvalue weighted by Gasteiger charge is -2.19. The molecular formula is C42H48N4O12. The van der Waals surface area contributed by atoms with Gasteiger partial charge >= 0.3 is 0 Å². The fourth-order valence-electron chi connectivity index (χ4n) is 5.36. The third kappa shape index (κ3) is 14.6. The van der Waals surface area contributed by atoms with E-state index in [0.717, 1.165) is 33.4 Å². The van der Waals surface area contributed by atoms with Crippen LogP contribution in [0.3, 0.4) is 0 Å². The molecule has 0 unspecified atom stereocenters. The summed E-state index contributed by atoms with van der Waals surface area (Å²) >= 11 is 0. The number of nitrogens with one attached hydrogen (secondary N) is 4. The van der Waals surface area contributed by atoms with E-state index in [1.165, 1.54) is 0 Å². The predicted molar refractivity (Wildman–Crippen MR) is 213 cm³/mol. The van der Waals surface area contributed by atoms with Gasteiger partial charge in [0.05, 0.1) is 26.4 Å². The highest BCUT2D eigenvalue weighted by atomic mass is 16.5. The molecule has 16 heteroatoms. The lowest BCUT2D eigenvalue weighted by atomic mass is 9.85. The molecule has 0 aliphatic rings. The summed E-state index contributed by atoms with van der Waals surface area (Å²) in [6.07, 6.45) is 0. The van der Waals surface area contributed by atoms with Crippen LogP contribution in [-0.4, -0.2) is 123 Å². The molecule has 0 aliphatic carbocycles. The summed E-state index contributed by atoms with van der Waals surface area (Å²) in [5.41, 5.74) is 4.54. The Balaban J connectivity index is 1.78. The van der Waals surface area contributed by atoms with E-state index in [2.05, 4.69) is 21.3 Å². The molecular weight excluding hydrogens is 752 g/mol. The van der Waals surface area contributed by atoms with Crippen molar-refractivity contribution in [2.75, 3.05) is 79.0 Å². The van der Waals surface area contributed by atoms with Crippen LogP contribution in [0.5, 0.6) is 23.0 Å². The van der Waals surface area contributed by atoms with Crippen molar-refractivity contribution in [2.45, 2.75) is 0 Å². The summed E-state index contributed by atoms with van der Waals surface area (Å²) in [6.45, 7) is -1.32. The molecule has 0 spiro atoms. The number of rotatable bonds is 24. The molecule has 4 aromatic carbocycles. The number of amides is 4. The maximum Gasteiger partial charge on any atom is 0.258 e. The average molecular weight is 801 g/mol. The van der Waals surface area contributed by atoms with Gasteiger partial charge in [-0.25, -0.2) is 0 Å². The molecule has 0 radical (unpaired) electrons. The van der Waals surface area contributed by atoms with Crippen LogP contribution >= 0.6 is 0 Å². The maximum absolute atomic E-state index is 12.1. The fraction of sp³-hybridized carbons (Fsp3) is 0.286. The highest BCUT2D eigenvalue weighted by molar-refractivity contribution is 6.04. The van der Waals surface area contributed by atoms with E-state index in [0.29, 0.717) is 23.0 Å².